The number of carbonyl (C=O) groups excluding carboxylic acids is 2. The van der Waals surface area contributed by atoms with Crippen LogP contribution < -0.4 is 20.1 Å². The minimum Gasteiger partial charge on any atom is -0.493 e. The molecule has 3 N–H and O–H groups in total. The molecule has 172 valence electrons. The van der Waals surface area contributed by atoms with Gasteiger partial charge in [0.2, 0.25) is 5.91 Å². The molecule has 7 heteroatoms. The van der Waals surface area contributed by atoms with Gasteiger partial charge in [-0.15, -0.1) is 0 Å². The highest BCUT2D eigenvalue weighted by Gasteiger charge is 2.29. The maximum Gasteiger partial charge on any atom is 0.268 e. The van der Waals surface area contributed by atoms with Gasteiger partial charge in [-0.2, -0.15) is 0 Å². The molecule has 1 aliphatic heterocycles. The largest absolute Gasteiger partial charge is 0.493 e. The first-order valence-corrected chi connectivity index (χ1v) is 11.6. The number of hydrogen-bond acceptors (Lipinski definition) is 4. The van der Waals surface area contributed by atoms with Crippen molar-refractivity contribution in [2.75, 3.05) is 11.9 Å². The molecule has 5 rings (SSSR count). The summed E-state index contributed by atoms with van der Waals surface area (Å²) in [6, 6.07) is 11.2. The lowest BCUT2D eigenvalue weighted by Gasteiger charge is -2.14. The van der Waals surface area contributed by atoms with E-state index in [9.17, 15) is 9.59 Å². The molecule has 2 unspecified atom stereocenters. The molecule has 1 aromatic heterocycles. The molecule has 0 bridgehead atoms. The Balaban J connectivity index is 1.33. The number of nitrogens with one attached hydrogen (secondary N) is 3. The van der Waals surface area contributed by atoms with Crippen LogP contribution in [0.5, 0.6) is 11.5 Å². The molecule has 0 saturated heterocycles. The van der Waals surface area contributed by atoms with Crippen molar-refractivity contribution in [3.05, 3.63) is 53.2 Å². The third-order valence-corrected chi connectivity index (χ3v) is 6.25. The van der Waals surface area contributed by atoms with Crippen molar-refractivity contribution < 1.29 is 19.1 Å². The summed E-state index contributed by atoms with van der Waals surface area (Å²) in [6.07, 6.45) is 2.86. The molecule has 0 radical (unpaired) electrons. The molecule has 2 amide bonds. The fourth-order valence-corrected chi connectivity index (χ4v) is 4.33. The number of hydrogen-bond donors (Lipinski definition) is 3. The van der Waals surface area contributed by atoms with Gasteiger partial charge in [0.25, 0.3) is 5.91 Å². The van der Waals surface area contributed by atoms with E-state index in [1.54, 1.807) is 0 Å². The van der Waals surface area contributed by atoms with Gasteiger partial charge in [0.15, 0.2) is 0 Å². The first kappa shape index (κ1) is 21.4. The minimum atomic E-state index is -0.203. The highest BCUT2D eigenvalue weighted by Crippen LogP contribution is 2.41. The zero-order valence-electron chi connectivity index (χ0n) is 19.2. The molecular formula is C26H29N3O4. The summed E-state index contributed by atoms with van der Waals surface area (Å²) in [6.45, 7) is 6.47. The number of fused-ring (bicyclic) bond motifs is 3. The molecule has 1 aliphatic carbocycles. The number of rotatable bonds is 7. The fourth-order valence-electron chi connectivity index (χ4n) is 4.33. The van der Waals surface area contributed by atoms with Crippen molar-refractivity contribution in [3.8, 4) is 11.5 Å². The number of benzene rings is 2. The zero-order valence-corrected chi connectivity index (χ0v) is 19.2. The van der Waals surface area contributed by atoms with Crippen molar-refractivity contribution >= 4 is 28.4 Å². The number of aromatic amines is 1. The Labute approximate surface area is 192 Å². The van der Waals surface area contributed by atoms with E-state index >= 15 is 0 Å². The zero-order chi connectivity index (χ0) is 23.1. The van der Waals surface area contributed by atoms with Crippen LogP contribution in [0.3, 0.4) is 0 Å². The van der Waals surface area contributed by atoms with Crippen LogP contribution in [0, 0.1) is 5.92 Å². The summed E-state index contributed by atoms with van der Waals surface area (Å²) >= 11 is 0. The Morgan fingerprint density at radius 1 is 1.21 bits per heavy atom. The highest BCUT2D eigenvalue weighted by atomic mass is 16.5. The van der Waals surface area contributed by atoms with E-state index in [0.717, 1.165) is 58.5 Å². The summed E-state index contributed by atoms with van der Waals surface area (Å²) in [7, 11) is 0. The summed E-state index contributed by atoms with van der Waals surface area (Å²) in [4.78, 5) is 28.2. The third kappa shape index (κ3) is 4.27. The standard InChI is InChI=1S/C26H29N3O4/c1-4-32-22-12-18-11-14(2)33-24(18)23-20(22)13-21(29-23)26(31)27-15(3)16-7-9-19(10-8-16)28-25(30)17-5-6-17/h7-10,12-15,17,29H,4-6,11H2,1-3H3,(H,27,31)(H,28,30). The maximum absolute atomic E-state index is 13.0. The van der Waals surface area contributed by atoms with E-state index in [2.05, 4.69) is 15.6 Å². The van der Waals surface area contributed by atoms with Crippen molar-refractivity contribution in [3.63, 3.8) is 0 Å². The van der Waals surface area contributed by atoms with E-state index in [1.807, 2.05) is 57.2 Å². The van der Waals surface area contributed by atoms with Crippen molar-refractivity contribution in [1.29, 1.82) is 0 Å². The molecule has 33 heavy (non-hydrogen) atoms. The van der Waals surface area contributed by atoms with Gasteiger partial charge in [-0.3, -0.25) is 9.59 Å². The fraction of sp³-hybridized carbons (Fsp3) is 0.385. The minimum absolute atomic E-state index is 0.0826. The smallest absolute Gasteiger partial charge is 0.268 e. The average Bonchev–Trinajstić information content (AvgIpc) is 3.43. The Morgan fingerprint density at radius 2 is 1.97 bits per heavy atom. The summed E-state index contributed by atoms with van der Waals surface area (Å²) < 4.78 is 11.8. The number of aromatic nitrogens is 1. The Hall–Kier alpha value is -3.48. The predicted octanol–water partition coefficient (Wildman–Crippen LogP) is 4.73. The summed E-state index contributed by atoms with van der Waals surface area (Å²) in [5.41, 5.74) is 4.08. The second-order valence-corrected chi connectivity index (χ2v) is 8.98. The van der Waals surface area contributed by atoms with E-state index in [4.69, 9.17) is 9.47 Å². The maximum atomic E-state index is 13.0. The van der Waals surface area contributed by atoms with Gasteiger partial charge in [-0.05, 0) is 63.4 Å². The molecule has 2 aromatic carbocycles. The van der Waals surface area contributed by atoms with Crippen LogP contribution in [-0.4, -0.2) is 29.5 Å². The molecule has 0 spiro atoms. The first-order valence-electron chi connectivity index (χ1n) is 11.6. The molecule has 1 saturated carbocycles. The second kappa shape index (κ2) is 8.46. The Kier molecular flexibility index (Phi) is 5.48. The van der Waals surface area contributed by atoms with E-state index < -0.39 is 0 Å². The highest BCUT2D eigenvalue weighted by molar-refractivity contribution is 6.02. The predicted molar refractivity (Wildman–Crippen MR) is 127 cm³/mol. The van der Waals surface area contributed by atoms with E-state index in [1.165, 1.54) is 0 Å². The molecule has 2 heterocycles. The van der Waals surface area contributed by atoms with Crippen LogP contribution >= 0.6 is 0 Å². The lowest BCUT2D eigenvalue weighted by Crippen LogP contribution is -2.26. The van der Waals surface area contributed by atoms with Crippen molar-refractivity contribution in [2.24, 2.45) is 5.92 Å². The van der Waals surface area contributed by atoms with Crippen molar-refractivity contribution in [1.82, 2.24) is 10.3 Å². The van der Waals surface area contributed by atoms with Crippen LogP contribution in [0.1, 0.15) is 61.3 Å². The molecule has 1 fully saturated rings. The number of ether oxygens (including phenoxy) is 2. The Morgan fingerprint density at radius 3 is 2.67 bits per heavy atom. The normalized spacial score (nSPS) is 17.8. The monoisotopic (exact) mass is 447 g/mol. The van der Waals surface area contributed by atoms with E-state index in [-0.39, 0.29) is 29.9 Å². The molecule has 2 aliphatic rings. The molecule has 3 aromatic rings. The lowest BCUT2D eigenvalue weighted by molar-refractivity contribution is -0.117. The lowest BCUT2D eigenvalue weighted by atomic mass is 10.1. The summed E-state index contributed by atoms with van der Waals surface area (Å²) in [5.74, 6) is 1.61. The van der Waals surface area contributed by atoms with Gasteiger partial charge in [0.1, 0.15) is 23.3 Å². The summed E-state index contributed by atoms with van der Waals surface area (Å²) in [5, 5.41) is 6.83. The van der Waals surface area contributed by atoms with Crippen LogP contribution in [0.25, 0.3) is 10.9 Å². The SMILES string of the molecule is CCOc1cc2c(c3[nH]c(C(=O)NC(C)c4ccc(NC(=O)C5CC5)cc4)cc13)OC(C)C2. The molecular weight excluding hydrogens is 418 g/mol. The number of anilines is 1. The quantitative estimate of drug-likeness (QED) is 0.488. The van der Waals surface area contributed by atoms with Crippen LogP contribution in [0.2, 0.25) is 0 Å². The van der Waals surface area contributed by atoms with Crippen LogP contribution in [-0.2, 0) is 11.2 Å². The van der Waals surface area contributed by atoms with Gasteiger partial charge in [-0.25, -0.2) is 0 Å². The first-order chi connectivity index (χ1) is 15.9. The van der Waals surface area contributed by atoms with Crippen molar-refractivity contribution in [2.45, 2.75) is 52.2 Å². The van der Waals surface area contributed by atoms with Crippen LogP contribution in [0.15, 0.2) is 36.4 Å². The number of carbonyl (C=O) groups is 2. The number of H-pyrrole nitrogens is 1. The number of amides is 2. The third-order valence-electron chi connectivity index (χ3n) is 6.25. The van der Waals surface area contributed by atoms with Gasteiger partial charge < -0.3 is 25.1 Å². The van der Waals surface area contributed by atoms with Gasteiger partial charge in [0.05, 0.1) is 18.2 Å². The van der Waals surface area contributed by atoms with Gasteiger partial charge in [0, 0.05) is 29.0 Å². The van der Waals surface area contributed by atoms with Crippen LogP contribution in [0.4, 0.5) is 5.69 Å². The average molecular weight is 448 g/mol. The molecule has 7 nitrogen and oxygen atoms in total. The topological polar surface area (TPSA) is 92.5 Å². The Bertz CT molecular complexity index is 1210. The van der Waals surface area contributed by atoms with E-state index in [0.29, 0.717) is 12.3 Å². The van der Waals surface area contributed by atoms with Gasteiger partial charge in [-0.1, -0.05) is 12.1 Å². The molecule has 2 atom stereocenters. The second-order valence-electron chi connectivity index (χ2n) is 8.98. The van der Waals surface area contributed by atoms with Gasteiger partial charge >= 0.3 is 0 Å².